The molecule has 0 fully saturated rings. The number of ether oxygens (including phenoxy) is 1. The topological polar surface area (TPSA) is 38.3 Å². The lowest BCUT2D eigenvalue weighted by Gasteiger charge is -2.20. The standard InChI is InChI=1S/C18H19BrClNO2/c1-18(2,3)12-8-9-15(13(19)10-12)21-17(22)11-23-16-7-5-4-6-14(16)20/h4-10H,11H2,1-3H3,(H,21,22). The number of hydrogen-bond donors (Lipinski definition) is 1. The Kier molecular flexibility index (Phi) is 5.71. The Hall–Kier alpha value is -1.52. The summed E-state index contributed by atoms with van der Waals surface area (Å²) >= 11 is 9.49. The number of nitrogens with one attached hydrogen (secondary N) is 1. The molecule has 3 nitrogen and oxygen atoms in total. The van der Waals surface area contributed by atoms with Crippen molar-refractivity contribution in [2.24, 2.45) is 0 Å². The van der Waals surface area contributed by atoms with Crippen LogP contribution in [0.3, 0.4) is 0 Å². The van der Waals surface area contributed by atoms with Crippen LogP contribution in [-0.4, -0.2) is 12.5 Å². The highest BCUT2D eigenvalue weighted by Gasteiger charge is 2.15. The van der Waals surface area contributed by atoms with Crippen LogP contribution in [0.4, 0.5) is 5.69 Å². The van der Waals surface area contributed by atoms with Crippen LogP contribution in [0.15, 0.2) is 46.9 Å². The zero-order valence-corrected chi connectivity index (χ0v) is 15.7. The number of anilines is 1. The number of hydrogen-bond acceptors (Lipinski definition) is 2. The minimum atomic E-state index is -0.242. The van der Waals surface area contributed by atoms with Gasteiger partial charge in [-0.05, 0) is 51.2 Å². The van der Waals surface area contributed by atoms with E-state index in [0.29, 0.717) is 16.5 Å². The van der Waals surface area contributed by atoms with Gasteiger partial charge in [0, 0.05) is 4.47 Å². The van der Waals surface area contributed by atoms with Crippen molar-refractivity contribution < 1.29 is 9.53 Å². The molecule has 122 valence electrons. The maximum atomic E-state index is 12.0. The third kappa shape index (κ3) is 4.98. The SMILES string of the molecule is CC(C)(C)c1ccc(NC(=O)COc2ccccc2Cl)c(Br)c1. The molecule has 0 saturated heterocycles. The fourth-order valence-electron chi connectivity index (χ4n) is 1.97. The highest BCUT2D eigenvalue weighted by atomic mass is 79.9. The first-order valence-corrected chi connectivity index (χ1v) is 8.41. The van der Waals surface area contributed by atoms with Gasteiger partial charge in [-0.25, -0.2) is 0 Å². The van der Waals surface area contributed by atoms with Gasteiger partial charge in [0.05, 0.1) is 10.7 Å². The number of rotatable bonds is 4. The Bertz CT molecular complexity index is 710. The lowest BCUT2D eigenvalue weighted by atomic mass is 9.87. The molecule has 0 heterocycles. The summed E-state index contributed by atoms with van der Waals surface area (Å²) in [6, 6.07) is 13.0. The maximum Gasteiger partial charge on any atom is 0.262 e. The molecule has 0 radical (unpaired) electrons. The molecule has 0 saturated carbocycles. The zero-order valence-electron chi connectivity index (χ0n) is 13.3. The van der Waals surface area contributed by atoms with E-state index in [1.54, 1.807) is 18.2 Å². The summed E-state index contributed by atoms with van der Waals surface area (Å²) in [5.74, 6) is 0.251. The van der Waals surface area contributed by atoms with E-state index < -0.39 is 0 Å². The molecule has 5 heteroatoms. The average Bonchev–Trinajstić information content (AvgIpc) is 2.47. The van der Waals surface area contributed by atoms with E-state index in [0.717, 1.165) is 4.47 Å². The van der Waals surface area contributed by atoms with Crippen molar-refractivity contribution in [2.45, 2.75) is 26.2 Å². The molecule has 0 aromatic heterocycles. The molecule has 0 aliphatic rings. The molecule has 0 unspecified atom stereocenters. The summed E-state index contributed by atoms with van der Waals surface area (Å²) in [5.41, 5.74) is 1.96. The Morgan fingerprint density at radius 2 is 1.91 bits per heavy atom. The molecular weight excluding hydrogens is 378 g/mol. The molecular formula is C18H19BrClNO2. The number of benzene rings is 2. The van der Waals surface area contributed by atoms with Crippen LogP contribution in [0.5, 0.6) is 5.75 Å². The van der Waals surface area contributed by atoms with Gasteiger partial charge in [0.15, 0.2) is 6.61 Å². The summed E-state index contributed by atoms with van der Waals surface area (Å²) in [6.07, 6.45) is 0. The number of carbonyl (C=O) groups excluding carboxylic acids is 1. The largest absolute Gasteiger partial charge is 0.482 e. The highest BCUT2D eigenvalue weighted by Crippen LogP contribution is 2.30. The van der Waals surface area contributed by atoms with Crippen molar-refractivity contribution in [1.82, 2.24) is 0 Å². The van der Waals surface area contributed by atoms with Crippen molar-refractivity contribution in [1.29, 1.82) is 0 Å². The van der Waals surface area contributed by atoms with Crippen LogP contribution in [-0.2, 0) is 10.2 Å². The van der Waals surface area contributed by atoms with E-state index in [-0.39, 0.29) is 17.9 Å². The number of halogens is 2. The van der Waals surface area contributed by atoms with Crippen molar-refractivity contribution in [2.75, 3.05) is 11.9 Å². The van der Waals surface area contributed by atoms with Gasteiger partial charge < -0.3 is 10.1 Å². The molecule has 0 spiro atoms. The van der Waals surface area contributed by atoms with E-state index in [1.807, 2.05) is 24.3 Å². The monoisotopic (exact) mass is 395 g/mol. The first-order chi connectivity index (χ1) is 10.8. The van der Waals surface area contributed by atoms with Gasteiger partial charge in [0.1, 0.15) is 5.75 Å². The van der Waals surface area contributed by atoms with E-state index in [2.05, 4.69) is 42.0 Å². The van der Waals surface area contributed by atoms with E-state index in [9.17, 15) is 4.79 Å². The second-order valence-electron chi connectivity index (χ2n) is 6.21. The predicted molar refractivity (Wildman–Crippen MR) is 98.4 cm³/mol. The fraction of sp³-hybridized carbons (Fsp3) is 0.278. The van der Waals surface area contributed by atoms with Gasteiger partial charge in [-0.3, -0.25) is 4.79 Å². The van der Waals surface area contributed by atoms with Crippen molar-refractivity contribution >= 4 is 39.1 Å². The normalized spacial score (nSPS) is 11.2. The predicted octanol–water partition coefficient (Wildman–Crippen LogP) is 5.42. The molecule has 1 amide bonds. The first kappa shape index (κ1) is 17.8. The fourth-order valence-corrected chi connectivity index (χ4v) is 2.64. The minimum absolute atomic E-state index is 0.0538. The van der Waals surface area contributed by atoms with Crippen molar-refractivity contribution in [3.05, 3.63) is 57.5 Å². The van der Waals surface area contributed by atoms with Crippen LogP contribution >= 0.6 is 27.5 Å². The summed E-state index contributed by atoms with van der Waals surface area (Å²) in [5, 5.41) is 3.31. The van der Waals surface area contributed by atoms with E-state index >= 15 is 0 Å². The molecule has 0 aliphatic heterocycles. The molecule has 0 atom stereocenters. The van der Waals surface area contributed by atoms with Crippen LogP contribution in [0.2, 0.25) is 5.02 Å². The smallest absolute Gasteiger partial charge is 0.262 e. The van der Waals surface area contributed by atoms with Gasteiger partial charge >= 0.3 is 0 Å². The second kappa shape index (κ2) is 7.37. The minimum Gasteiger partial charge on any atom is -0.482 e. The van der Waals surface area contributed by atoms with Crippen molar-refractivity contribution in [3.8, 4) is 5.75 Å². The average molecular weight is 397 g/mol. The van der Waals surface area contributed by atoms with Crippen LogP contribution in [0.1, 0.15) is 26.3 Å². The number of amides is 1. The van der Waals surface area contributed by atoms with Gasteiger partial charge in [-0.15, -0.1) is 0 Å². The number of para-hydroxylation sites is 1. The molecule has 2 aromatic carbocycles. The quantitative estimate of drug-likeness (QED) is 0.749. The van der Waals surface area contributed by atoms with Crippen LogP contribution in [0.25, 0.3) is 0 Å². The zero-order chi connectivity index (χ0) is 17.0. The lowest BCUT2D eigenvalue weighted by molar-refractivity contribution is -0.118. The van der Waals surface area contributed by atoms with Gasteiger partial charge in [0.2, 0.25) is 0 Å². The summed E-state index contributed by atoms with van der Waals surface area (Å²) < 4.78 is 6.27. The third-order valence-electron chi connectivity index (χ3n) is 3.30. The molecule has 1 N–H and O–H groups in total. The first-order valence-electron chi connectivity index (χ1n) is 7.24. The summed E-state index contributed by atoms with van der Waals surface area (Å²) in [6.45, 7) is 6.33. The molecule has 0 bridgehead atoms. The molecule has 23 heavy (non-hydrogen) atoms. The molecule has 2 aromatic rings. The summed E-state index contributed by atoms with van der Waals surface area (Å²) in [4.78, 5) is 12.0. The number of carbonyl (C=O) groups is 1. The van der Waals surface area contributed by atoms with Gasteiger partial charge in [0.25, 0.3) is 5.91 Å². The highest BCUT2D eigenvalue weighted by molar-refractivity contribution is 9.10. The Morgan fingerprint density at radius 1 is 1.22 bits per heavy atom. The Morgan fingerprint density at radius 3 is 2.52 bits per heavy atom. The molecule has 2 rings (SSSR count). The Labute approximate surface area is 150 Å². The maximum absolute atomic E-state index is 12.0. The lowest BCUT2D eigenvalue weighted by Crippen LogP contribution is -2.20. The second-order valence-corrected chi connectivity index (χ2v) is 7.47. The van der Waals surface area contributed by atoms with Crippen LogP contribution < -0.4 is 10.1 Å². The van der Waals surface area contributed by atoms with Gasteiger partial charge in [-0.2, -0.15) is 0 Å². The van der Waals surface area contributed by atoms with Gasteiger partial charge in [-0.1, -0.05) is 50.6 Å². The summed E-state index contributed by atoms with van der Waals surface area (Å²) in [7, 11) is 0. The van der Waals surface area contributed by atoms with Crippen LogP contribution in [0, 0.1) is 0 Å². The Balaban J connectivity index is 1.99. The van der Waals surface area contributed by atoms with E-state index in [1.165, 1.54) is 5.56 Å². The third-order valence-corrected chi connectivity index (χ3v) is 4.27. The van der Waals surface area contributed by atoms with E-state index in [4.69, 9.17) is 16.3 Å². The molecule has 0 aliphatic carbocycles. The van der Waals surface area contributed by atoms with Crippen molar-refractivity contribution in [3.63, 3.8) is 0 Å².